The van der Waals surface area contributed by atoms with Crippen molar-refractivity contribution in [3.05, 3.63) is 263 Å². The van der Waals surface area contributed by atoms with E-state index in [1.54, 1.807) is 0 Å². The monoisotopic (exact) mass is 874 g/mol. The van der Waals surface area contributed by atoms with Crippen LogP contribution in [0.2, 0.25) is 0 Å². The zero-order chi connectivity index (χ0) is 45.7. The Balaban J connectivity index is 0.000000134. The Morgan fingerprint density at radius 3 is 0.853 bits per heavy atom. The quantitative estimate of drug-likeness (QED) is 0.155. The smallest absolute Gasteiger partial charge is 0.319 e. The normalized spacial score (nSPS) is 17.2. The fourth-order valence-corrected chi connectivity index (χ4v) is 11.8. The molecule has 6 heterocycles. The molecule has 14 rings (SSSR count). The van der Waals surface area contributed by atoms with E-state index in [2.05, 4.69) is 67.1 Å². The lowest BCUT2D eigenvalue weighted by molar-refractivity contribution is -0.261. The number of benzene rings is 8. The molecule has 0 amide bonds. The van der Waals surface area contributed by atoms with Gasteiger partial charge in [0.15, 0.2) is 11.7 Å². The molecule has 68 heavy (non-hydrogen) atoms. The Hall–Kier alpha value is -9.15. The average Bonchev–Trinajstić information content (AvgIpc) is 4.08. The molecule has 0 saturated carbocycles. The molecule has 0 aromatic heterocycles. The van der Waals surface area contributed by atoms with Crippen LogP contribution in [0.25, 0.3) is 0 Å². The predicted octanol–water partition coefficient (Wildman–Crippen LogP) is 6.29. The van der Waals surface area contributed by atoms with E-state index in [0.717, 1.165) is 89.7 Å². The third-order valence-electron chi connectivity index (χ3n) is 14.5. The first-order chi connectivity index (χ1) is 33.5. The maximum Gasteiger partial charge on any atom is 0.319 e. The van der Waals surface area contributed by atoms with Crippen molar-refractivity contribution in [2.45, 2.75) is 0 Å². The van der Waals surface area contributed by atoms with Crippen molar-refractivity contribution in [1.82, 2.24) is 9.62 Å². The van der Waals surface area contributed by atoms with E-state index in [1.807, 2.05) is 170 Å². The predicted molar refractivity (Wildman–Crippen MR) is 274 cm³/mol. The van der Waals surface area contributed by atoms with Gasteiger partial charge in [0, 0.05) is 22.3 Å². The van der Waals surface area contributed by atoms with Crippen molar-refractivity contribution in [2.75, 3.05) is 0 Å². The van der Waals surface area contributed by atoms with Gasteiger partial charge in [-0.1, -0.05) is 192 Å². The molecule has 0 atom stereocenters. The van der Waals surface area contributed by atoms with Gasteiger partial charge in [-0.15, -0.1) is 21.9 Å². The zero-order valence-corrected chi connectivity index (χ0v) is 36.6. The van der Waals surface area contributed by atoms with Crippen molar-refractivity contribution in [1.29, 1.82) is 21.6 Å². The number of aliphatic imine (C=N–C) groups is 2. The van der Waals surface area contributed by atoms with E-state index < -0.39 is 12.8 Å². The highest BCUT2D eigenvalue weighted by Crippen LogP contribution is 2.38. The van der Waals surface area contributed by atoms with Gasteiger partial charge >= 0.3 is 12.8 Å². The summed E-state index contributed by atoms with van der Waals surface area (Å²) in [6.07, 6.45) is -3.93. The summed E-state index contributed by atoms with van der Waals surface area (Å²) in [4.78, 5) is 14.4. The molecular formula is C56H40B2N10. The second-order valence-electron chi connectivity index (χ2n) is 17.8. The molecule has 0 unspecified atom stereocenters. The Morgan fingerprint density at radius 2 is 0.544 bits per heavy atom. The molecule has 0 spiro atoms. The van der Waals surface area contributed by atoms with Crippen molar-refractivity contribution >= 4 is 81.4 Å². The number of nitrogens with one attached hydrogen (secondary N) is 4. The topological polar surface area (TPSA) is 133 Å². The van der Waals surface area contributed by atoms with Crippen LogP contribution in [0.3, 0.4) is 0 Å². The fraction of sp³-hybridized carbons (Fsp3) is 0. The Labute approximate surface area is 392 Å². The number of hydrogen-bond acceptors (Lipinski definition) is 6. The van der Waals surface area contributed by atoms with Gasteiger partial charge in [-0.05, 0) is 36.4 Å². The lowest BCUT2D eigenvalue weighted by atomic mass is 9.34. The van der Waals surface area contributed by atoms with Gasteiger partial charge in [-0.25, -0.2) is 0 Å². The maximum atomic E-state index is 9.34. The Bertz CT molecular complexity index is 3340. The number of nitrogens with zero attached hydrogens (tertiary/aromatic N) is 6. The van der Waals surface area contributed by atoms with E-state index in [-0.39, 0.29) is 0 Å². The van der Waals surface area contributed by atoms with Gasteiger partial charge in [-0.2, -0.15) is 10.8 Å². The molecule has 6 aliphatic heterocycles. The number of amidine groups is 8. The second kappa shape index (κ2) is 14.7. The van der Waals surface area contributed by atoms with Crippen LogP contribution in [0.5, 0.6) is 0 Å². The van der Waals surface area contributed by atoms with Crippen LogP contribution in [0.15, 0.2) is 228 Å². The van der Waals surface area contributed by atoms with Crippen LogP contribution in [-0.4, -0.2) is 78.1 Å². The summed E-state index contributed by atoms with van der Waals surface area (Å²) < 4.78 is 4.14. The summed E-state index contributed by atoms with van der Waals surface area (Å²) in [5.74, 6) is 4.70. The molecule has 10 nitrogen and oxygen atoms in total. The Kier molecular flexibility index (Phi) is 8.47. The third kappa shape index (κ3) is 5.08. The van der Waals surface area contributed by atoms with E-state index in [9.17, 15) is 21.6 Å². The third-order valence-corrected chi connectivity index (χ3v) is 14.5. The van der Waals surface area contributed by atoms with Crippen molar-refractivity contribution in [3.8, 4) is 0 Å². The molecule has 0 aliphatic carbocycles. The number of fused-ring (bicyclic) bond motifs is 10. The molecule has 6 aliphatic rings. The number of hydrogen-bond donors (Lipinski definition) is 4. The lowest BCUT2D eigenvalue weighted by Crippen LogP contribution is -2.80. The average molecular weight is 875 g/mol. The highest BCUT2D eigenvalue weighted by molar-refractivity contribution is 7.00. The minimum absolute atomic E-state index is 0.407. The van der Waals surface area contributed by atoms with Crippen LogP contribution in [0.4, 0.5) is 0 Å². The highest BCUT2D eigenvalue weighted by atomic mass is 15.4. The van der Waals surface area contributed by atoms with E-state index in [1.165, 1.54) is 0 Å². The lowest BCUT2D eigenvalue weighted by Gasteiger charge is -2.51. The molecule has 12 heteroatoms. The largest absolute Gasteiger partial charge is 0.431 e. The Morgan fingerprint density at radius 1 is 0.294 bits per heavy atom. The molecule has 8 aromatic rings. The van der Waals surface area contributed by atoms with Gasteiger partial charge in [0.05, 0.1) is 33.9 Å². The highest BCUT2D eigenvalue weighted by Gasteiger charge is 2.58. The fourth-order valence-electron chi connectivity index (χ4n) is 11.8. The molecule has 0 radical (unpaired) electrons. The molecule has 0 saturated heterocycles. The van der Waals surface area contributed by atoms with Crippen LogP contribution >= 0.6 is 0 Å². The van der Waals surface area contributed by atoms with Gasteiger partial charge in [-0.3, -0.25) is 10.8 Å². The SMILES string of the molecule is N=C1c2ccccc2C2=NC3=[N+](C(=N)c4ccccc43)[B-](c3ccccc3)(c3ccccc3)N12.N=C1c2ccccc2C2=NC3=[N+](C(=N)c4ccccc43)[B-](c3ccccc3)(c3ccccc3)N12. The summed E-state index contributed by atoms with van der Waals surface area (Å²) >= 11 is 0. The molecule has 0 bridgehead atoms. The first-order valence-corrected chi connectivity index (χ1v) is 22.8. The van der Waals surface area contributed by atoms with Crippen LogP contribution in [0.1, 0.15) is 44.5 Å². The van der Waals surface area contributed by atoms with Crippen molar-refractivity contribution < 1.29 is 8.97 Å². The van der Waals surface area contributed by atoms with Gasteiger partial charge in [0.2, 0.25) is 23.3 Å². The minimum Gasteiger partial charge on any atom is -0.431 e. The molecule has 8 aromatic carbocycles. The summed E-state index contributed by atoms with van der Waals surface area (Å²) in [6.45, 7) is 0. The second-order valence-corrected chi connectivity index (χ2v) is 17.8. The molecule has 4 N–H and O–H groups in total. The summed E-state index contributed by atoms with van der Waals surface area (Å²) in [7, 11) is 0. The van der Waals surface area contributed by atoms with Gasteiger partial charge in [0.25, 0.3) is 0 Å². The zero-order valence-electron chi connectivity index (χ0n) is 36.6. The van der Waals surface area contributed by atoms with E-state index in [4.69, 9.17) is 9.98 Å². The van der Waals surface area contributed by atoms with Gasteiger partial charge in [0.1, 0.15) is 0 Å². The molecular weight excluding hydrogens is 834 g/mol. The number of rotatable bonds is 4. The summed E-state index contributed by atoms with van der Waals surface area (Å²) in [6, 6.07) is 73.2. The summed E-state index contributed by atoms with van der Waals surface area (Å²) in [5.41, 5.74) is 11.4. The van der Waals surface area contributed by atoms with Crippen LogP contribution in [-0.2, 0) is 0 Å². The summed E-state index contributed by atoms with van der Waals surface area (Å²) in [5, 5.41) is 37.4. The van der Waals surface area contributed by atoms with E-state index >= 15 is 0 Å². The van der Waals surface area contributed by atoms with Crippen LogP contribution in [0, 0.1) is 21.6 Å². The van der Waals surface area contributed by atoms with Crippen molar-refractivity contribution in [2.24, 2.45) is 9.98 Å². The standard InChI is InChI=1S/2C28H20BN5/c2*30-25-21-15-7-9-17-23(21)27-32-28-24-18-10-8-16-22(24)26(31)34(28)29(33(25)27,19-11-3-1-4-12-19)20-13-5-2-6-14-20/h2*1-18,30-31H. The molecule has 0 fully saturated rings. The first kappa shape index (κ1) is 39.2. The van der Waals surface area contributed by atoms with Crippen LogP contribution < -0.4 is 21.9 Å². The minimum atomic E-state index is -1.97. The first-order valence-electron chi connectivity index (χ1n) is 22.8. The van der Waals surface area contributed by atoms with E-state index in [0.29, 0.717) is 23.3 Å². The van der Waals surface area contributed by atoms with Crippen molar-refractivity contribution in [3.63, 3.8) is 0 Å². The molecule has 320 valence electrons. The van der Waals surface area contributed by atoms with Gasteiger partial charge < -0.3 is 18.6 Å². The maximum absolute atomic E-state index is 9.34.